The molecular weight excluding hydrogens is 332 g/mol. The van der Waals surface area contributed by atoms with Crippen molar-refractivity contribution in [2.24, 2.45) is 5.92 Å². The molecule has 1 aliphatic heterocycles. The average Bonchev–Trinajstić information content (AvgIpc) is 3.19. The van der Waals surface area contributed by atoms with Gasteiger partial charge in [-0.2, -0.15) is 4.98 Å². The quantitative estimate of drug-likeness (QED) is 0.868. The number of fused-ring (bicyclic) bond motifs is 1. The molecule has 4 atom stereocenters. The number of halogens is 1. The van der Waals surface area contributed by atoms with Crippen LogP contribution in [0.4, 0.5) is 0 Å². The lowest BCUT2D eigenvalue weighted by molar-refractivity contribution is -0.132. The Hall–Kier alpha value is -1.18. The Morgan fingerprint density at radius 2 is 2.21 bits per heavy atom. The minimum Gasteiger partial charge on any atom is -0.374 e. The van der Waals surface area contributed by atoms with Gasteiger partial charge in [-0.25, -0.2) is 0 Å². The average molecular weight is 359 g/mol. The third-order valence-electron chi connectivity index (χ3n) is 5.11. The molecule has 1 N–H and O–H groups in total. The standard InChI is InChI=1S/C16H26N4O3.ClH/c1-10(22-3)15-18-14(23-19-15)9-20(2)16(21)13-8-11-6-4-5-7-12(11)17-13;/h10-13,17H,4-9H2,1-3H3;1H. The molecule has 1 aromatic rings. The van der Waals surface area contributed by atoms with Gasteiger partial charge in [0.05, 0.1) is 12.6 Å². The van der Waals surface area contributed by atoms with Crippen LogP contribution < -0.4 is 5.32 Å². The molecule has 24 heavy (non-hydrogen) atoms. The lowest BCUT2D eigenvalue weighted by Crippen LogP contribution is -2.43. The summed E-state index contributed by atoms with van der Waals surface area (Å²) in [4.78, 5) is 18.6. The van der Waals surface area contributed by atoms with Crippen molar-refractivity contribution in [2.45, 2.75) is 63.8 Å². The molecule has 0 aromatic carbocycles. The number of amides is 1. The van der Waals surface area contributed by atoms with E-state index in [1.165, 1.54) is 25.7 Å². The van der Waals surface area contributed by atoms with E-state index >= 15 is 0 Å². The summed E-state index contributed by atoms with van der Waals surface area (Å²) in [5.41, 5.74) is 0. The fourth-order valence-electron chi connectivity index (χ4n) is 3.66. The van der Waals surface area contributed by atoms with Crippen LogP contribution >= 0.6 is 12.4 Å². The van der Waals surface area contributed by atoms with Crippen molar-refractivity contribution in [2.75, 3.05) is 14.2 Å². The van der Waals surface area contributed by atoms with Gasteiger partial charge in [0.2, 0.25) is 11.8 Å². The molecular formula is C16H27ClN4O3. The highest BCUT2D eigenvalue weighted by atomic mass is 35.5. The molecule has 7 nitrogen and oxygen atoms in total. The summed E-state index contributed by atoms with van der Waals surface area (Å²) in [5, 5.41) is 7.41. The molecule has 0 bridgehead atoms. The van der Waals surface area contributed by atoms with E-state index in [0.29, 0.717) is 30.2 Å². The van der Waals surface area contributed by atoms with Gasteiger partial charge in [-0.15, -0.1) is 12.4 Å². The number of methoxy groups -OCH3 is 1. The summed E-state index contributed by atoms with van der Waals surface area (Å²) in [7, 11) is 3.39. The number of likely N-dealkylation sites (N-methyl/N-ethyl adjacent to an activating group) is 1. The molecule has 1 amide bonds. The molecule has 0 radical (unpaired) electrons. The fraction of sp³-hybridized carbons (Fsp3) is 0.812. The van der Waals surface area contributed by atoms with Crippen LogP contribution in [0, 0.1) is 5.92 Å². The zero-order chi connectivity index (χ0) is 16.4. The Bertz CT molecular complexity index is 539. The second kappa shape index (κ2) is 8.27. The van der Waals surface area contributed by atoms with E-state index in [-0.39, 0.29) is 30.5 Å². The maximum atomic E-state index is 12.6. The second-order valence-electron chi connectivity index (χ2n) is 6.72. The van der Waals surface area contributed by atoms with Crippen molar-refractivity contribution in [3.63, 3.8) is 0 Å². The normalized spacial score (nSPS) is 27.2. The summed E-state index contributed by atoms with van der Waals surface area (Å²) in [6, 6.07) is 0.442. The van der Waals surface area contributed by atoms with Gasteiger partial charge in [0.15, 0.2) is 5.82 Å². The Balaban J connectivity index is 0.00000208. The molecule has 2 fully saturated rings. The molecule has 4 unspecified atom stereocenters. The van der Waals surface area contributed by atoms with Crippen molar-refractivity contribution in [3.8, 4) is 0 Å². The van der Waals surface area contributed by atoms with Crippen LogP contribution in [-0.2, 0) is 16.1 Å². The van der Waals surface area contributed by atoms with Gasteiger partial charge < -0.3 is 19.5 Å². The maximum Gasteiger partial charge on any atom is 0.246 e. The third-order valence-corrected chi connectivity index (χ3v) is 5.11. The van der Waals surface area contributed by atoms with E-state index < -0.39 is 0 Å². The molecule has 1 aromatic heterocycles. The number of hydrogen-bond acceptors (Lipinski definition) is 6. The van der Waals surface area contributed by atoms with E-state index in [9.17, 15) is 4.79 Å². The Morgan fingerprint density at radius 1 is 1.46 bits per heavy atom. The molecule has 2 aliphatic rings. The first-order valence-corrected chi connectivity index (χ1v) is 8.44. The van der Waals surface area contributed by atoms with E-state index in [0.717, 1.165) is 6.42 Å². The SMILES string of the molecule is COC(C)c1noc(CN(C)C(=O)C2CC3CCCCC3N2)n1.Cl. The molecule has 1 saturated carbocycles. The van der Waals surface area contributed by atoms with Crippen molar-refractivity contribution in [3.05, 3.63) is 11.7 Å². The highest BCUT2D eigenvalue weighted by Crippen LogP contribution is 2.33. The first-order valence-electron chi connectivity index (χ1n) is 8.44. The topological polar surface area (TPSA) is 80.5 Å². The van der Waals surface area contributed by atoms with E-state index in [2.05, 4.69) is 15.5 Å². The second-order valence-corrected chi connectivity index (χ2v) is 6.72. The van der Waals surface area contributed by atoms with Gasteiger partial charge in [-0.05, 0) is 32.1 Å². The summed E-state index contributed by atoms with van der Waals surface area (Å²) in [5.74, 6) is 1.71. The van der Waals surface area contributed by atoms with Crippen LogP contribution in [0.2, 0.25) is 0 Å². The zero-order valence-electron chi connectivity index (χ0n) is 14.5. The largest absolute Gasteiger partial charge is 0.374 e. The van der Waals surface area contributed by atoms with Crippen LogP contribution in [0.3, 0.4) is 0 Å². The van der Waals surface area contributed by atoms with Crippen LogP contribution in [0.25, 0.3) is 0 Å². The highest BCUT2D eigenvalue weighted by Gasteiger charge is 2.39. The van der Waals surface area contributed by atoms with Crippen molar-refractivity contribution >= 4 is 18.3 Å². The van der Waals surface area contributed by atoms with Crippen LogP contribution in [-0.4, -0.2) is 47.2 Å². The molecule has 136 valence electrons. The number of ether oxygens (including phenoxy) is 1. The summed E-state index contributed by atoms with van der Waals surface area (Å²) < 4.78 is 10.4. The number of nitrogens with zero attached hydrogens (tertiary/aromatic N) is 3. The number of aromatic nitrogens is 2. The van der Waals surface area contributed by atoms with Crippen LogP contribution in [0.15, 0.2) is 4.52 Å². The minimum absolute atomic E-state index is 0. The molecule has 0 spiro atoms. The molecule has 1 saturated heterocycles. The number of nitrogens with one attached hydrogen (secondary N) is 1. The minimum atomic E-state index is -0.215. The van der Waals surface area contributed by atoms with Gasteiger partial charge in [-0.3, -0.25) is 4.79 Å². The Labute approximate surface area is 148 Å². The molecule has 8 heteroatoms. The van der Waals surface area contributed by atoms with Crippen LogP contribution in [0.1, 0.15) is 56.8 Å². The zero-order valence-corrected chi connectivity index (χ0v) is 15.3. The lowest BCUT2D eigenvalue weighted by atomic mass is 9.85. The Kier molecular flexibility index (Phi) is 6.60. The van der Waals surface area contributed by atoms with E-state index in [1.807, 2.05) is 6.92 Å². The van der Waals surface area contributed by atoms with Gasteiger partial charge in [0.25, 0.3) is 0 Å². The predicted molar refractivity (Wildman–Crippen MR) is 90.7 cm³/mol. The maximum absolute atomic E-state index is 12.6. The van der Waals surface area contributed by atoms with Crippen molar-refractivity contribution < 1.29 is 14.1 Å². The van der Waals surface area contributed by atoms with Crippen LogP contribution in [0.5, 0.6) is 0 Å². The number of carbonyl (C=O) groups excluding carboxylic acids is 1. The van der Waals surface area contributed by atoms with Gasteiger partial charge in [-0.1, -0.05) is 18.0 Å². The Morgan fingerprint density at radius 3 is 2.92 bits per heavy atom. The van der Waals surface area contributed by atoms with Gasteiger partial charge in [0.1, 0.15) is 6.10 Å². The van der Waals surface area contributed by atoms with Crippen molar-refractivity contribution in [1.29, 1.82) is 0 Å². The number of carbonyl (C=O) groups is 1. The third kappa shape index (κ3) is 4.07. The van der Waals surface area contributed by atoms with Gasteiger partial charge in [0, 0.05) is 20.2 Å². The number of rotatable bonds is 5. The molecule has 1 aliphatic carbocycles. The first kappa shape index (κ1) is 19.1. The summed E-state index contributed by atoms with van der Waals surface area (Å²) in [6.07, 6.45) is 5.74. The highest BCUT2D eigenvalue weighted by molar-refractivity contribution is 5.85. The molecule has 3 rings (SSSR count). The fourth-order valence-corrected chi connectivity index (χ4v) is 3.66. The predicted octanol–water partition coefficient (Wildman–Crippen LogP) is 2.08. The smallest absolute Gasteiger partial charge is 0.246 e. The summed E-state index contributed by atoms with van der Waals surface area (Å²) in [6.45, 7) is 2.18. The first-order chi connectivity index (χ1) is 11.1. The van der Waals surface area contributed by atoms with E-state index in [1.54, 1.807) is 19.1 Å². The number of hydrogen-bond donors (Lipinski definition) is 1. The monoisotopic (exact) mass is 358 g/mol. The van der Waals surface area contributed by atoms with E-state index in [4.69, 9.17) is 9.26 Å². The summed E-state index contributed by atoms with van der Waals surface area (Å²) >= 11 is 0. The lowest BCUT2D eigenvalue weighted by Gasteiger charge is -2.24. The molecule has 2 heterocycles. The van der Waals surface area contributed by atoms with Crippen molar-refractivity contribution in [1.82, 2.24) is 20.4 Å². The van der Waals surface area contributed by atoms with Gasteiger partial charge >= 0.3 is 0 Å².